The lowest BCUT2D eigenvalue weighted by molar-refractivity contribution is -0.385. The summed E-state index contributed by atoms with van der Waals surface area (Å²) in [5.41, 5.74) is -4.75. The minimum Gasteiger partial charge on any atom is -0.443 e. The highest BCUT2D eigenvalue weighted by atomic mass is 32.2. The number of non-ortho nitro benzene ring substituents is 1. The topological polar surface area (TPSA) is 163 Å². The van der Waals surface area contributed by atoms with Crippen molar-refractivity contribution in [3.63, 3.8) is 0 Å². The fourth-order valence-electron chi connectivity index (χ4n) is 5.31. The first-order valence-electron chi connectivity index (χ1n) is 14.7. The van der Waals surface area contributed by atoms with Crippen LogP contribution >= 0.6 is 12.6 Å². The Hall–Kier alpha value is -3.85. The fourth-order valence-corrected chi connectivity index (χ4v) is 7.84. The molecular formula is C32H40FN3O9S2. The highest BCUT2D eigenvalue weighted by Gasteiger charge is 2.60. The summed E-state index contributed by atoms with van der Waals surface area (Å²) in [7, 11) is -4.59. The molecule has 2 atom stereocenters. The number of hydrogen-bond donors (Lipinski definition) is 1. The Morgan fingerprint density at radius 2 is 1.53 bits per heavy atom. The number of amidine groups is 1. The summed E-state index contributed by atoms with van der Waals surface area (Å²) in [6.45, 7) is 13.0. The second-order valence-electron chi connectivity index (χ2n) is 13.8. The van der Waals surface area contributed by atoms with Crippen molar-refractivity contribution in [2.24, 2.45) is 4.99 Å². The normalized spacial score (nSPS) is 20.5. The van der Waals surface area contributed by atoms with Crippen LogP contribution in [0.2, 0.25) is 0 Å². The van der Waals surface area contributed by atoms with E-state index < -0.39 is 81.7 Å². The van der Waals surface area contributed by atoms with Crippen molar-refractivity contribution in [3.05, 3.63) is 75.1 Å². The third-order valence-corrected chi connectivity index (χ3v) is 10.9. The summed E-state index contributed by atoms with van der Waals surface area (Å²) >= 11 is 3.92. The number of nitro groups is 1. The van der Waals surface area contributed by atoms with Crippen molar-refractivity contribution in [3.8, 4) is 0 Å². The molecule has 0 bridgehead atoms. The van der Waals surface area contributed by atoms with Crippen LogP contribution in [0.5, 0.6) is 0 Å². The molecule has 0 aliphatic carbocycles. The fraction of sp³-hybridized carbons (Fsp3) is 0.500. The number of aliphatic imine (C=N–C) groups is 1. The molecule has 2 amide bonds. The molecule has 256 valence electrons. The van der Waals surface area contributed by atoms with Gasteiger partial charge in [-0.1, -0.05) is 24.3 Å². The smallest absolute Gasteiger partial charge is 0.425 e. The third-order valence-electron chi connectivity index (χ3n) is 7.58. The zero-order valence-corrected chi connectivity index (χ0v) is 29.5. The van der Waals surface area contributed by atoms with E-state index in [4.69, 9.17) is 9.47 Å². The van der Waals surface area contributed by atoms with Crippen molar-refractivity contribution < 1.29 is 41.6 Å². The summed E-state index contributed by atoms with van der Waals surface area (Å²) in [6.07, 6.45) is -2.84. The molecule has 2 aromatic carbocycles. The van der Waals surface area contributed by atoms with Crippen LogP contribution in [0.25, 0.3) is 0 Å². The number of nitro benzene ring substituents is 1. The van der Waals surface area contributed by atoms with Crippen LogP contribution in [0.3, 0.4) is 0 Å². The highest BCUT2D eigenvalue weighted by molar-refractivity contribution is 7.97. The van der Waals surface area contributed by atoms with E-state index in [0.29, 0.717) is 10.5 Å². The average Bonchev–Trinajstić information content (AvgIpc) is 2.90. The third kappa shape index (κ3) is 7.83. The Balaban J connectivity index is 2.41. The highest BCUT2D eigenvalue weighted by Crippen LogP contribution is 2.47. The SMILES string of the molecule is CC(C)(C)OC(=O)N(C(=O)OC(C)(C)C)C1=N[C@](C)(c2cc([N+](=O)[O-])ccc2F)C(CCc2ccccc2C(=O)S)S(=O)(=O)C1(C)C. The van der Waals surface area contributed by atoms with Crippen LogP contribution in [0.4, 0.5) is 19.7 Å². The Kier molecular flexibility index (Phi) is 10.4. The number of amides is 2. The molecule has 1 heterocycles. The van der Waals surface area contributed by atoms with Gasteiger partial charge in [0, 0.05) is 23.3 Å². The number of thiol groups is 1. The zero-order valence-electron chi connectivity index (χ0n) is 27.8. The summed E-state index contributed by atoms with van der Waals surface area (Å²) in [4.78, 5) is 55.6. The summed E-state index contributed by atoms with van der Waals surface area (Å²) in [6, 6.07) is 9.05. The largest absolute Gasteiger partial charge is 0.443 e. The Labute approximate surface area is 279 Å². The lowest BCUT2D eigenvalue weighted by Gasteiger charge is -2.46. The molecule has 0 saturated heterocycles. The molecule has 0 spiro atoms. The number of carbonyl (C=O) groups is 3. The summed E-state index contributed by atoms with van der Waals surface area (Å²) in [5.74, 6) is -1.63. The minimum atomic E-state index is -4.59. The van der Waals surface area contributed by atoms with Gasteiger partial charge in [0.25, 0.3) is 5.69 Å². The van der Waals surface area contributed by atoms with Crippen molar-refractivity contribution in [1.82, 2.24) is 4.90 Å². The van der Waals surface area contributed by atoms with Gasteiger partial charge in [-0.15, -0.1) is 12.6 Å². The molecule has 0 saturated carbocycles. The number of carbonyl (C=O) groups excluding carboxylic acids is 3. The molecule has 1 aliphatic heterocycles. The Morgan fingerprint density at radius 1 is 1.00 bits per heavy atom. The monoisotopic (exact) mass is 693 g/mol. The van der Waals surface area contributed by atoms with Gasteiger partial charge in [0.15, 0.2) is 9.84 Å². The van der Waals surface area contributed by atoms with E-state index in [1.165, 1.54) is 68.4 Å². The quantitative estimate of drug-likeness (QED) is 0.195. The second kappa shape index (κ2) is 13.0. The number of hydrogen-bond acceptors (Lipinski definition) is 10. The molecule has 12 nitrogen and oxygen atoms in total. The molecule has 0 N–H and O–H groups in total. The van der Waals surface area contributed by atoms with Gasteiger partial charge in [0.05, 0.1) is 10.2 Å². The van der Waals surface area contributed by atoms with Crippen LogP contribution in [-0.2, 0) is 31.3 Å². The number of imide groups is 1. The minimum absolute atomic E-state index is 0.0126. The Bertz CT molecular complexity index is 1720. The van der Waals surface area contributed by atoms with Gasteiger partial charge in [-0.05, 0) is 86.8 Å². The predicted octanol–water partition coefficient (Wildman–Crippen LogP) is 6.80. The summed E-state index contributed by atoms with van der Waals surface area (Å²) in [5, 5.41) is 9.62. The predicted molar refractivity (Wildman–Crippen MR) is 177 cm³/mol. The van der Waals surface area contributed by atoms with E-state index >= 15 is 4.39 Å². The van der Waals surface area contributed by atoms with Crippen LogP contribution in [0.15, 0.2) is 47.5 Å². The van der Waals surface area contributed by atoms with E-state index in [9.17, 15) is 32.9 Å². The van der Waals surface area contributed by atoms with Gasteiger partial charge in [-0.3, -0.25) is 19.9 Å². The van der Waals surface area contributed by atoms with E-state index in [2.05, 4.69) is 17.6 Å². The number of aryl methyl sites for hydroxylation is 1. The second-order valence-corrected chi connectivity index (χ2v) is 16.9. The van der Waals surface area contributed by atoms with Crippen molar-refractivity contribution in [2.45, 2.75) is 102 Å². The maximum absolute atomic E-state index is 15.8. The number of ether oxygens (including phenoxy) is 2. The molecule has 15 heteroatoms. The van der Waals surface area contributed by atoms with Crippen LogP contribution < -0.4 is 0 Å². The van der Waals surface area contributed by atoms with Gasteiger partial charge in [-0.2, -0.15) is 4.90 Å². The number of sulfone groups is 1. The Morgan fingerprint density at radius 3 is 2.02 bits per heavy atom. The van der Waals surface area contributed by atoms with Gasteiger partial charge in [0.1, 0.15) is 33.1 Å². The van der Waals surface area contributed by atoms with Gasteiger partial charge >= 0.3 is 12.2 Å². The van der Waals surface area contributed by atoms with E-state index in [1.807, 2.05) is 0 Å². The molecule has 1 aliphatic rings. The maximum Gasteiger partial charge on any atom is 0.425 e. The van der Waals surface area contributed by atoms with Gasteiger partial charge < -0.3 is 9.47 Å². The van der Waals surface area contributed by atoms with Crippen molar-refractivity contribution in [2.75, 3.05) is 0 Å². The average molecular weight is 694 g/mol. The number of nitrogens with zero attached hydrogens (tertiary/aromatic N) is 3. The van der Waals surface area contributed by atoms with Crippen LogP contribution in [0.1, 0.15) is 90.2 Å². The lowest BCUT2D eigenvalue weighted by Crippen LogP contribution is -2.64. The van der Waals surface area contributed by atoms with Crippen LogP contribution in [-0.4, -0.2) is 62.6 Å². The van der Waals surface area contributed by atoms with E-state index in [0.717, 1.165) is 18.2 Å². The summed E-state index contributed by atoms with van der Waals surface area (Å²) < 4.78 is 54.2. The first-order chi connectivity index (χ1) is 21.3. The number of rotatable bonds is 6. The van der Waals surface area contributed by atoms with Gasteiger partial charge in [0.2, 0.25) is 5.12 Å². The standard InChI is InChI=1S/C32H40FN3O9S2/c1-29(2,3)44-27(38)35(28(39)45-30(4,5)6)26-31(7,8)47(42,43)24(17-14-19-12-10-11-13-21(19)25(37)46)32(9,34-26)22-18-20(36(40)41)15-16-23(22)33/h10-13,15-16,18,24H,14,17H2,1-9H3,(H,37,46)/t24?,32-/m1/s1. The number of benzene rings is 2. The zero-order chi connectivity index (χ0) is 35.9. The molecule has 0 radical (unpaired) electrons. The van der Waals surface area contributed by atoms with E-state index in [1.54, 1.807) is 18.2 Å². The van der Waals surface area contributed by atoms with Crippen LogP contribution in [0, 0.1) is 15.9 Å². The number of halogens is 1. The first-order valence-corrected chi connectivity index (χ1v) is 16.7. The molecule has 2 aromatic rings. The van der Waals surface area contributed by atoms with E-state index in [-0.39, 0.29) is 18.4 Å². The first kappa shape index (κ1) is 37.6. The molecule has 3 rings (SSSR count). The maximum atomic E-state index is 15.8. The molecule has 47 heavy (non-hydrogen) atoms. The van der Waals surface area contributed by atoms with Crippen molar-refractivity contribution in [1.29, 1.82) is 0 Å². The molecule has 0 aromatic heterocycles. The molecule has 1 unspecified atom stereocenters. The van der Waals surface area contributed by atoms with Crippen molar-refractivity contribution >= 4 is 51.3 Å². The lowest BCUT2D eigenvalue weighted by atomic mass is 9.84. The molecule has 0 fully saturated rings. The van der Waals surface area contributed by atoms with Gasteiger partial charge in [-0.25, -0.2) is 22.4 Å². The molecular weight excluding hydrogens is 653 g/mol.